The van der Waals surface area contributed by atoms with Gasteiger partial charge >= 0.3 is 0 Å². The molecule has 1 aromatic heterocycles. The number of rotatable bonds is 2. The quantitative estimate of drug-likeness (QED) is 0.764. The van der Waals surface area contributed by atoms with Crippen LogP contribution < -0.4 is 4.90 Å². The monoisotopic (exact) mass is 266 g/mol. The Morgan fingerprint density at radius 3 is 2.72 bits per heavy atom. The summed E-state index contributed by atoms with van der Waals surface area (Å²) in [5, 5.41) is 16.2. The number of sulfone groups is 1. The number of anilines is 1. The van der Waals surface area contributed by atoms with Crippen LogP contribution in [-0.2, 0) is 9.84 Å². The van der Waals surface area contributed by atoms with Crippen molar-refractivity contribution in [2.24, 2.45) is 0 Å². The minimum atomic E-state index is -3.01. The molecule has 18 heavy (non-hydrogen) atoms. The number of aromatic nitrogens is 2. The molecule has 96 valence electrons. The van der Waals surface area contributed by atoms with E-state index in [1.54, 1.807) is 6.07 Å². The molecule has 1 aromatic rings. The molecule has 0 saturated carbocycles. The molecular weight excluding hydrogens is 252 g/mol. The van der Waals surface area contributed by atoms with Crippen molar-refractivity contribution in [3.63, 3.8) is 0 Å². The molecule has 2 rings (SSSR count). The molecule has 0 radical (unpaired) electrons. The summed E-state index contributed by atoms with van der Waals surface area (Å²) in [4.78, 5) is 1.91. The third kappa shape index (κ3) is 2.43. The highest BCUT2D eigenvalue weighted by atomic mass is 32.2. The summed E-state index contributed by atoms with van der Waals surface area (Å²) in [5.74, 6) is 0.667. The first kappa shape index (κ1) is 12.8. The summed E-state index contributed by atoms with van der Waals surface area (Å²) in [6.07, 6.45) is 1.87. The lowest BCUT2D eigenvalue weighted by atomic mass is 10.2. The molecular formula is C11H14N4O2S. The van der Waals surface area contributed by atoms with Crippen molar-refractivity contribution in [2.75, 3.05) is 24.2 Å². The molecule has 6 nitrogen and oxygen atoms in total. The molecule has 0 N–H and O–H groups in total. The van der Waals surface area contributed by atoms with Crippen LogP contribution in [0.4, 0.5) is 5.82 Å². The average molecular weight is 266 g/mol. The lowest BCUT2D eigenvalue weighted by molar-refractivity contribution is 0.589. The van der Waals surface area contributed by atoms with E-state index in [2.05, 4.69) is 10.2 Å². The van der Waals surface area contributed by atoms with Crippen LogP contribution in [0, 0.1) is 18.3 Å². The Bertz CT molecular complexity index is 606. The van der Waals surface area contributed by atoms with Gasteiger partial charge in [0.15, 0.2) is 21.3 Å². The number of aryl methyl sites for hydroxylation is 1. The van der Waals surface area contributed by atoms with E-state index in [4.69, 9.17) is 5.26 Å². The SMILES string of the molecule is Cc1cc(C#N)nnc1N1CCC(S(C)(=O)=O)C1. The Kier molecular flexibility index (Phi) is 3.22. The molecule has 0 bridgehead atoms. The first-order valence-corrected chi connectivity index (χ1v) is 7.55. The molecule has 7 heteroatoms. The van der Waals surface area contributed by atoms with Gasteiger partial charge in [-0.3, -0.25) is 0 Å². The van der Waals surface area contributed by atoms with E-state index in [1.165, 1.54) is 6.26 Å². The van der Waals surface area contributed by atoms with Crippen molar-refractivity contribution < 1.29 is 8.42 Å². The lowest BCUT2D eigenvalue weighted by Gasteiger charge is -2.18. The molecule has 2 heterocycles. The highest BCUT2D eigenvalue weighted by molar-refractivity contribution is 7.91. The molecule has 1 aliphatic heterocycles. The summed E-state index contributed by atoms with van der Waals surface area (Å²) < 4.78 is 23.0. The van der Waals surface area contributed by atoms with Gasteiger partial charge in [-0.1, -0.05) is 0 Å². The summed E-state index contributed by atoms with van der Waals surface area (Å²) in [7, 11) is -3.01. The highest BCUT2D eigenvalue weighted by Crippen LogP contribution is 2.24. The topological polar surface area (TPSA) is 86.9 Å². The third-order valence-corrected chi connectivity index (χ3v) is 4.72. The van der Waals surface area contributed by atoms with Crippen LogP contribution in [0.1, 0.15) is 17.7 Å². The number of nitriles is 1. The first-order valence-electron chi connectivity index (χ1n) is 5.60. The van der Waals surface area contributed by atoms with E-state index >= 15 is 0 Å². The van der Waals surface area contributed by atoms with Gasteiger partial charge < -0.3 is 4.90 Å². The molecule has 1 saturated heterocycles. The number of nitrogens with zero attached hydrogens (tertiary/aromatic N) is 4. The Morgan fingerprint density at radius 1 is 1.50 bits per heavy atom. The van der Waals surface area contributed by atoms with Gasteiger partial charge in [-0.25, -0.2) is 8.42 Å². The van der Waals surface area contributed by atoms with Crippen LogP contribution in [0.3, 0.4) is 0 Å². The van der Waals surface area contributed by atoms with Gasteiger partial charge in [0.05, 0.1) is 5.25 Å². The van der Waals surface area contributed by atoms with Gasteiger partial charge in [-0.15, -0.1) is 10.2 Å². The molecule has 0 amide bonds. The predicted octanol–water partition coefficient (Wildman–Crippen LogP) is 0.280. The second-order valence-corrected chi connectivity index (χ2v) is 6.86. The van der Waals surface area contributed by atoms with Crippen molar-refractivity contribution in [3.05, 3.63) is 17.3 Å². The Morgan fingerprint density at radius 2 is 2.22 bits per heavy atom. The van der Waals surface area contributed by atoms with Crippen molar-refractivity contribution in [2.45, 2.75) is 18.6 Å². The lowest BCUT2D eigenvalue weighted by Crippen LogP contribution is -2.27. The fraction of sp³-hybridized carbons (Fsp3) is 0.545. The average Bonchev–Trinajstić information content (AvgIpc) is 2.77. The van der Waals surface area contributed by atoms with Crippen LogP contribution in [-0.4, -0.2) is 43.2 Å². The molecule has 0 aromatic carbocycles. The van der Waals surface area contributed by atoms with Crippen LogP contribution in [0.25, 0.3) is 0 Å². The predicted molar refractivity (Wildman–Crippen MR) is 66.9 cm³/mol. The van der Waals surface area contributed by atoms with Gasteiger partial charge in [-0.05, 0) is 25.0 Å². The number of hydrogen-bond acceptors (Lipinski definition) is 6. The van der Waals surface area contributed by atoms with E-state index in [0.717, 1.165) is 5.56 Å². The third-order valence-electron chi connectivity index (χ3n) is 3.12. The molecule has 0 aliphatic carbocycles. The number of hydrogen-bond donors (Lipinski definition) is 0. The maximum absolute atomic E-state index is 11.5. The van der Waals surface area contributed by atoms with Crippen LogP contribution >= 0.6 is 0 Å². The Labute approximate surface area is 106 Å². The fourth-order valence-electron chi connectivity index (χ4n) is 2.12. The van der Waals surface area contributed by atoms with E-state index in [9.17, 15) is 8.42 Å². The van der Waals surface area contributed by atoms with E-state index in [1.807, 2.05) is 17.9 Å². The molecule has 0 spiro atoms. The van der Waals surface area contributed by atoms with E-state index < -0.39 is 9.84 Å². The molecule has 1 aliphatic rings. The molecule has 1 fully saturated rings. The van der Waals surface area contributed by atoms with Crippen molar-refractivity contribution in [1.82, 2.24) is 10.2 Å². The largest absolute Gasteiger partial charge is 0.354 e. The maximum atomic E-state index is 11.5. The standard InChI is InChI=1S/C11H14N4O2S/c1-8-5-9(6-12)13-14-11(8)15-4-3-10(7-15)18(2,16)17/h5,10H,3-4,7H2,1-2H3. The van der Waals surface area contributed by atoms with Gasteiger partial charge in [0, 0.05) is 19.3 Å². The van der Waals surface area contributed by atoms with Crippen LogP contribution in [0.5, 0.6) is 0 Å². The second kappa shape index (κ2) is 4.53. The zero-order valence-electron chi connectivity index (χ0n) is 10.3. The van der Waals surface area contributed by atoms with E-state index in [0.29, 0.717) is 25.3 Å². The van der Waals surface area contributed by atoms with Crippen molar-refractivity contribution >= 4 is 15.7 Å². The minimum Gasteiger partial charge on any atom is -0.354 e. The van der Waals surface area contributed by atoms with Gasteiger partial charge in [0.25, 0.3) is 0 Å². The first-order chi connectivity index (χ1) is 8.41. The zero-order valence-corrected chi connectivity index (χ0v) is 11.1. The van der Waals surface area contributed by atoms with Crippen molar-refractivity contribution in [1.29, 1.82) is 5.26 Å². The van der Waals surface area contributed by atoms with Crippen LogP contribution in [0.15, 0.2) is 6.07 Å². The Hall–Kier alpha value is -1.68. The summed E-state index contributed by atoms with van der Waals surface area (Å²) >= 11 is 0. The summed E-state index contributed by atoms with van der Waals surface area (Å²) in [5.41, 5.74) is 1.12. The smallest absolute Gasteiger partial charge is 0.163 e. The zero-order chi connectivity index (χ0) is 13.3. The highest BCUT2D eigenvalue weighted by Gasteiger charge is 2.31. The van der Waals surface area contributed by atoms with Gasteiger partial charge in [0.1, 0.15) is 6.07 Å². The van der Waals surface area contributed by atoms with E-state index in [-0.39, 0.29) is 10.9 Å². The summed E-state index contributed by atoms with van der Waals surface area (Å²) in [6, 6.07) is 3.59. The normalized spacial score (nSPS) is 19.8. The molecule has 1 atom stereocenters. The maximum Gasteiger partial charge on any atom is 0.163 e. The summed E-state index contributed by atoms with van der Waals surface area (Å²) in [6.45, 7) is 2.94. The fourth-order valence-corrected chi connectivity index (χ4v) is 3.10. The van der Waals surface area contributed by atoms with Gasteiger partial charge in [-0.2, -0.15) is 5.26 Å². The minimum absolute atomic E-state index is 0.273. The second-order valence-electron chi connectivity index (χ2n) is 4.53. The van der Waals surface area contributed by atoms with Gasteiger partial charge in [0.2, 0.25) is 0 Å². The van der Waals surface area contributed by atoms with Crippen LogP contribution in [0.2, 0.25) is 0 Å². The molecule has 1 unspecified atom stereocenters. The Balaban J connectivity index is 2.23. The van der Waals surface area contributed by atoms with Crippen molar-refractivity contribution in [3.8, 4) is 6.07 Å².